The van der Waals surface area contributed by atoms with Crippen LogP contribution in [-0.4, -0.2) is 23.5 Å². The average molecular weight is 391 g/mol. The fourth-order valence-electron chi connectivity index (χ4n) is 2.86. The molecule has 7 nitrogen and oxygen atoms in total. The minimum atomic E-state index is -4.08. The van der Waals surface area contributed by atoms with Gasteiger partial charge in [0.1, 0.15) is 5.82 Å². The van der Waals surface area contributed by atoms with E-state index in [9.17, 15) is 22.4 Å². The second-order valence-electron chi connectivity index (χ2n) is 6.21. The van der Waals surface area contributed by atoms with Crippen molar-refractivity contribution in [3.8, 4) is 0 Å². The second-order valence-corrected chi connectivity index (χ2v) is 7.89. The topological polar surface area (TPSA) is 90.2 Å². The van der Waals surface area contributed by atoms with E-state index in [1.165, 1.54) is 45.5 Å². The number of sulfonamides is 1. The second kappa shape index (κ2) is 6.99. The highest BCUT2D eigenvalue weighted by Crippen LogP contribution is 2.18. The number of nitrogens with zero attached hydrogens (tertiary/aromatic N) is 2. The molecule has 0 aliphatic rings. The van der Waals surface area contributed by atoms with Crippen molar-refractivity contribution in [2.75, 3.05) is 0 Å². The first-order chi connectivity index (χ1) is 12.7. The first kappa shape index (κ1) is 18.8. The van der Waals surface area contributed by atoms with Gasteiger partial charge in [0.25, 0.3) is 10.0 Å². The molecule has 0 atom stereocenters. The number of imidazole rings is 1. The van der Waals surface area contributed by atoms with E-state index in [4.69, 9.17) is 0 Å². The minimum Gasteiger partial charge on any atom is -0.295 e. The van der Waals surface area contributed by atoms with Crippen LogP contribution in [0.15, 0.2) is 52.2 Å². The summed E-state index contributed by atoms with van der Waals surface area (Å²) in [5.41, 5.74) is 1.35. The van der Waals surface area contributed by atoms with Gasteiger partial charge in [-0.05, 0) is 42.3 Å². The molecule has 0 saturated carbocycles. The molecule has 3 rings (SSSR count). The van der Waals surface area contributed by atoms with Gasteiger partial charge in [-0.25, -0.2) is 22.3 Å². The van der Waals surface area contributed by atoms with Crippen LogP contribution >= 0.6 is 0 Å². The van der Waals surface area contributed by atoms with Crippen molar-refractivity contribution in [3.63, 3.8) is 0 Å². The van der Waals surface area contributed by atoms with Gasteiger partial charge in [0.2, 0.25) is 5.91 Å². The average Bonchev–Trinajstić information content (AvgIpc) is 2.84. The Morgan fingerprint density at radius 1 is 1.07 bits per heavy atom. The largest absolute Gasteiger partial charge is 0.328 e. The van der Waals surface area contributed by atoms with Crippen molar-refractivity contribution in [2.24, 2.45) is 14.1 Å². The Morgan fingerprint density at radius 3 is 2.48 bits per heavy atom. The summed E-state index contributed by atoms with van der Waals surface area (Å²) in [5, 5.41) is 0. The fourth-order valence-corrected chi connectivity index (χ4v) is 3.90. The summed E-state index contributed by atoms with van der Waals surface area (Å²) in [5.74, 6) is -1.11. The molecule has 0 spiro atoms. The highest BCUT2D eigenvalue weighted by molar-refractivity contribution is 7.90. The lowest BCUT2D eigenvalue weighted by Crippen LogP contribution is -2.30. The molecule has 3 aromatic rings. The monoisotopic (exact) mass is 391 g/mol. The molecule has 2 aromatic carbocycles. The molecule has 0 bridgehead atoms. The van der Waals surface area contributed by atoms with Crippen molar-refractivity contribution in [2.45, 2.75) is 17.7 Å². The summed E-state index contributed by atoms with van der Waals surface area (Å²) in [4.78, 5) is 23.9. The van der Waals surface area contributed by atoms with Crippen LogP contribution in [0.3, 0.4) is 0 Å². The first-order valence-corrected chi connectivity index (χ1v) is 9.63. The van der Waals surface area contributed by atoms with Gasteiger partial charge in [0.15, 0.2) is 0 Å². The van der Waals surface area contributed by atoms with Gasteiger partial charge in [-0.15, -0.1) is 0 Å². The number of halogens is 1. The zero-order chi connectivity index (χ0) is 19.8. The summed E-state index contributed by atoms with van der Waals surface area (Å²) in [6, 6.07) is 9.98. The molecule has 1 N–H and O–H groups in total. The molecule has 1 heterocycles. The normalized spacial score (nSPS) is 11.7. The van der Waals surface area contributed by atoms with E-state index in [0.717, 1.165) is 0 Å². The quantitative estimate of drug-likeness (QED) is 0.713. The number of benzene rings is 2. The van der Waals surface area contributed by atoms with Crippen LogP contribution in [0.4, 0.5) is 4.39 Å². The third-order valence-corrected chi connectivity index (χ3v) is 5.70. The number of rotatable bonds is 5. The number of nitrogens with one attached hydrogen (secondary N) is 1. The maximum absolute atomic E-state index is 13.2. The van der Waals surface area contributed by atoms with Gasteiger partial charge in [0, 0.05) is 20.5 Å². The molecular formula is C18H18FN3O4S. The maximum Gasteiger partial charge on any atom is 0.328 e. The van der Waals surface area contributed by atoms with Crippen LogP contribution < -0.4 is 10.4 Å². The highest BCUT2D eigenvalue weighted by atomic mass is 32.2. The number of hydrogen-bond acceptors (Lipinski definition) is 4. The van der Waals surface area contributed by atoms with Crippen molar-refractivity contribution >= 4 is 27.0 Å². The molecule has 142 valence electrons. The zero-order valence-corrected chi connectivity index (χ0v) is 15.6. The van der Waals surface area contributed by atoms with E-state index in [1.807, 2.05) is 4.72 Å². The molecule has 0 fully saturated rings. The van der Waals surface area contributed by atoms with Gasteiger partial charge in [-0.3, -0.25) is 13.9 Å². The number of amides is 1. The number of carbonyl (C=O) groups excluding carboxylic acids is 1. The van der Waals surface area contributed by atoms with Crippen molar-refractivity contribution in [3.05, 3.63) is 64.3 Å². The number of aromatic nitrogens is 2. The zero-order valence-electron chi connectivity index (χ0n) is 14.8. The van der Waals surface area contributed by atoms with E-state index in [2.05, 4.69) is 0 Å². The number of hydrogen-bond donors (Lipinski definition) is 1. The van der Waals surface area contributed by atoms with Gasteiger partial charge in [0.05, 0.1) is 15.9 Å². The van der Waals surface area contributed by atoms with E-state index in [-0.39, 0.29) is 23.4 Å². The summed E-state index contributed by atoms with van der Waals surface area (Å²) in [7, 11) is -0.951. The molecule has 0 saturated heterocycles. The Morgan fingerprint density at radius 2 is 1.78 bits per heavy atom. The fraction of sp³-hybridized carbons (Fsp3) is 0.222. The van der Waals surface area contributed by atoms with E-state index >= 15 is 0 Å². The van der Waals surface area contributed by atoms with Crippen molar-refractivity contribution in [1.82, 2.24) is 13.9 Å². The molecule has 1 amide bonds. The number of aryl methyl sites for hydroxylation is 3. The standard InChI is InChI=1S/C18H18FN3O4S/c1-21-15-8-7-14(11-16(15)22(2)18(21)24)27(25,26)20-17(23)9-6-12-4-3-5-13(19)10-12/h3-5,7-8,10-11H,6,9H2,1-2H3,(H,20,23). The van der Waals surface area contributed by atoms with Crippen LogP contribution in [0.5, 0.6) is 0 Å². The molecule has 9 heteroatoms. The Bertz CT molecular complexity index is 1200. The predicted octanol–water partition coefficient (Wildman–Crippen LogP) is 1.45. The molecule has 1 aromatic heterocycles. The van der Waals surface area contributed by atoms with Crippen molar-refractivity contribution < 1.29 is 17.6 Å². The van der Waals surface area contributed by atoms with Gasteiger partial charge in [-0.2, -0.15) is 0 Å². The van der Waals surface area contributed by atoms with Crippen LogP contribution in [0, 0.1) is 5.82 Å². The molecular weight excluding hydrogens is 373 g/mol. The van der Waals surface area contributed by atoms with Crippen LogP contribution in [0.25, 0.3) is 11.0 Å². The van der Waals surface area contributed by atoms with E-state index in [1.54, 1.807) is 20.2 Å². The lowest BCUT2D eigenvalue weighted by Gasteiger charge is -2.08. The Labute approximate surface area is 155 Å². The Kier molecular flexibility index (Phi) is 4.88. The highest BCUT2D eigenvalue weighted by Gasteiger charge is 2.19. The number of fused-ring (bicyclic) bond motifs is 1. The van der Waals surface area contributed by atoms with Gasteiger partial charge >= 0.3 is 5.69 Å². The Balaban J connectivity index is 1.78. The SMILES string of the molecule is Cn1c(=O)n(C)c2cc(S(=O)(=O)NC(=O)CCc3cccc(F)c3)ccc21. The Hall–Kier alpha value is -2.94. The smallest absolute Gasteiger partial charge is 0.295 e. The molecule has 0 unspecified atom stereocenters. The third kappa shape index (κ3) is 3.77. The molecule has 27 heavy (non-hydrogen) atoms. The van der Waals surface area contributed by atoms with E-state index < -0.39 is 21.7 Å². The molecule has 0 aliphatic carbocycles. The third-order valence-electron chi connectivity index (χ3n) is 4.33. The summed E-state index contributed by atoms with van der Waals surface area (Å²) in [6.07, 6.45) is 0.111. The van der Waals surface area contributed by atoms with Gasteiger partial charge < -0.3 is 0 Å². The lowest BCUT2D eigenvalue weighted by atomic mass is 10.1. The van der Waals surface area contributed by atoms with E-state index in [0.29, 0.717) is 16.6 Å². The maximum atomic E-state index is 13.2. The van der Waals surface area contributed by atoms with Crippen LogP contribution in [-0.2, 0) is 35.3 Å². The molecule has 0 radical (unpaired) electrons. The van der Waals surface area contributed by atoms with Crippen LogP contribution in [0.2, 0.25) is 0 Å². The summed E-state index contributed by atoms with van der Waals surface area (Å²) < 4.78 is 42.8. The van der Waals surface area contributed by atoms with Crippen LogP contribution in [0.1, 0.15) is 12.0 Å². The number of carbonyl (C=O) groups is 1. The van der Waals surface area contributed by atoms with Crippen molar-refractivity contribution in [1.29, 1.82) is 0 Å². The van der Waals surface area contributed by atoms with Gasteiger partial charge in [-0.1, -0.05) is 12.1 Å². The molecule has 0 aliphatic heterocycles. The predicted molar refractivity (Wildman–Crippen MR) is 98.2 cm³/mol. The summed E-state index contributed by atoms with van der Waals surface area (Å²) >= 11 is 0. The first-order valence-electron chi connectivity index (χ1n) is 8.14. The summed E-state index contributed by atoms with van der Waals surface area (Å²) in [6.45, 7) is 0. The lowest BCUT2D eigenvalue weighted by molar-refractivity contribution is -0.119. The minimum absolute atomic E-state index is 0.102.